The molecule has 21 heavy (non-hydrogen) atoms. The molecule has 0 bridgehead atoms. The number of fused-ring (bicyclic) bond motifs is 1. The summed E-state index contributed by atoms with van der Waals surface area (Å²) in [6, 6.07) is 9.18. The summed E-state index contributed by atoms with van der Waals surface area (Å²) in [5, 5.41) is 25.9. The van der Waals surface area contributed by atoms with Crippen LogP contribution < -0.4 is 5.56 Å². The Hall–Kier alpha value is -2.58. The summed E-state index contributed by atoms with van der Waals surface area (Å²) in [7, 11) is 0. The fourth-order valence-electron chi connectivity index (χ4n) is 1.98. The van der Waals surface area contributed by atoms with Crippen LogP contribution >= 0.6 is 0 Å². The van der Waals surface area contributed by atoms with Gasteiger partial charge < -0.3 is 15.2 Å². The third-order valence-electron chi connectivity index (χ3n) is 3.02. The van der Waals surface area contributed by atoms with Gasteiger partial charge in [0, 0.05) is 5.56 Å². The molecule has 1 unspecified atom stereocenters. The molecule has 108 valence electrons. The molecule has 1 aromatic carbocycles. The maximum atomic E-state index is 12.0. The van der Waals surface area contributed by atoms with E-state index in [-0.39, 0.29) is 17.7 Å². The van der Waals surface area contributed by atoms with Crippen molar-refractivity contribution in [3.8, 4) is 11.4 Å². The Morgan fingerprint density at radius 1 is 1.29 bits per heavy atom. The summed E-state index contributed by atoms with van der Waals surface area (Å²) in [4.78, 5) is 19.0. The SMILES string of the molecule is O=c1[nH]c(-c2ccccc2)nc2c1nnn2CC(O)CO. The van der Waals surface area contributed by atoms with Crippen molar-refractivity contribution in [3.05, 3.63) is 40.7 Å². The topological polar surface area (TPSA) is 117 Å². The van der Waals surface area contributed by atoms with Crippen LogP contribution in [0.15, 0.2) is 35.1 Å². The van der Waals surface area contributed by atoms with E-state index in [1.54, 1.807) is 0 Å². The van der Waals surface area contributed by atoms with Crippen LogP contribution in [0.2, 0.25) is 0 Å². The first-order chi connectivity index (χ1) is 10.2. The van der Waals surface area contributed by atoms with Gasteiger partial charge in [-0.1, -0.05) is 35.5 Å². The van der Waals surface area contributed by atoms with Crippen LogP contribution in [0.3, 0.4) is 0 Å². The van der Waals surface area contributed by atoms with Gasteiger partial charge in [-0.15, -0.1) is 5.10 Å². The number of nitrogens with zero attached hydrogens (tertiary/aromatic N) is 4. The minimum absolute atomic E-state index is 0.0116. The second-order valence-electron chi connectivity index (χ2n) is 4.56. The smallest absolute Gasteiger partial charge is 0.281 e. The van der Waals surface area contributed by atoms with Crippen LogP contribution in [0.25, 0.3) is 22.6 Å². The third kappa shape index (κ3) is 2.54. The first kappa shape index (κ1) is 13.4. The van der Waals surface area contributed by atoms with Gasteiger partial charge in [0.05, 0.1) is 19.3 Å². The molecule has 0 aliphatic carbocycles. The fraction of sp³-hybridized carbons (Fsp3) is 0.231. The lowest BCUT2D eigenvalue weighted by Gasteiger charge is -2.07. The number of benzene rings is 1. The third-order valence-corrected chi connectivity index (χ3v) is 3.02. The largest absolute Gasteiger partial charge is 0.394 e. The van der Waals surface area contributed by atoms with Gasteiger partial charge in [0.2, 0.25) is 0 Å². The van der Waals surface area contributed by atoms with Crippen molar-refractivity contribution in [3.63, 3.8) is 0 Å². The van der Waals surface area contributed by atoms with Gasteiger partial charge in [-0.05, 0) is 0 Å². The molecule has 3 rings (SSSR count). The van der Waals surface area contributed by atoms with Crippen molar-refractivity contribution in [1.82, 2.24) is 25.0 Å². The van der Waals surface area contributed by atoms with Gasteiger partial charge >= 0.3 is 0 Å². The molecule has 0 amide bonds. The minimum atomic E-state index is -0.990. The molecule has 2 heterocycles. The van der Waals surface area contributed by atoms with E-state index in [0.717, 1.165) is 5.56 Å². The van der Waals surface area contributed by atoms with Crippen molar-refractivity contribution in [2.75, 3.05) is 6.61 Å². The van der Waals surface area contributed by atoms with E-state index in [9.17, 15) is 9.90 Å². The predicted octanol–water partition coefficient (Wildman–Crippen LogP) is -0.465. The highest BCUT2D eigenvalue weighted by atomic mass is 16.3. The van der Waals surface area contributed by atoms with Crippen LogP contribution in [-0.4, -0.2) is 47.9 Å². The molecule has 0 radical (unpaired) electrons. The summed E-state index contributed by atoms with van der Waals surface area (Å²) >= 11 is 0. The molecule has 3 N–H and O–H groups in total. The van der Waals surface area contributed by atoms with Gasteiger partial charge in [0.1, 0.15) is 5.82 Å². The molecule has 0 aliphatic rings. The number of hydrogen-bond acceptors (Lipinski definition) is 6. The summed E-state index contributed by atoms with van der Waals surface area (Å²) in [5.41, 5.74) is 0.723. The van der Waals surface area contributed by atoms with E-state index < -0.39 is 18.3 Å². The van der Waals surface area contributed by atoms with Gasteiger partial charge in [-0.25, -0.2) is 9.67 Å². The van der Waals surface area contributed by atoms with Crippen molar-refractivity contribution >= 4 is 11.2 Å². The van der Waals surface area contributed by atoms with Crippen molar-refractivity contribution in [1.29, 1.82) is 0 Å². The highest BCUT2D eigenvalue weighted by Crippen LogP contribution is 2.14. The molecular weight excluding hydrogens is 274 g/mol. The lowest BCUT2D eigenvalue weighted by Crippen LogP contribution is -2.21. The maximum Gasteiger partial charge on any atom is 0.281 e. The maximum absolute atomic E-state index is 12.0. The van der Waals surface area contributed by atoms with Gasteiger partial charge in [0.15, 0.2) is 11.2 Å². The number of H-pyrrole nitrogens is 1. The van der Waals surface area contributed by atoms with Crippen molar-refractivity contribution in [2.24, 2.45) is 0 Å². The Kier molecular flexibility index (Phi) is 3.46. The second-order valence-corrected chi connectivity index (χ2v) is 4.56. The highest BCUT2D eigenvalue weighted by Gasteiger charge is 2.14. The Bertz CT molecular complexity index is 812. The van der Waals surface area contributed by atoms with E-state index >= 15 is 0 Å². The number of hydrogen-bond donors (Lipinski definition) is 3. The summed E-state index contributed by atoms with van der Waals surface area (Å²) in [6.45, 7) is -0.395. The number of aliphatic hydroxyl groups excluding tert-OH is 2. The quantitative estimate of drug-likeness (QED) is 0.597. The normalized spacial score (nSPS) is 12.7. The molecule has 0 saturated heterocycles. The standard InChI is InChI=1S/C13H13N5O3/c19-7-9(20)6-18-12-10(16-17-18)13(21)15-11(14-12)8-4-2-1-3-5-8/h1-5,9,19-20H,6-7H2,(H,14,15,21). The average Bonchev–Trinajstić information content (AvgIpc) is 2.91. The fourth-order valence-corrected chi connectivity index (χ4v) is 1.98. The molecule has 8 heteroatoms. The van der Waals surface area contributed by atoms with Gasteiger partial charge in [-0.3, -0.25) is 4.79 Å². The van der Waals surface area contributed by atoms with Crippen LogP contribution in [0.1, 0.15) is 0 Å². The van der Waals surface area contributed by atoms with Crippen LogP contribution in [0.4, 0.5) is 0 Å². The first-order valence-electron chi connectivity index (χ1n) is 6.37. The second kappa shape index (κ2) is 5.43. The monoisotopic (exact) mass is 287 g/mol. The molecule has 8 nitrogen and oxygen atoms in total. The number of aromatic amines is 1. The number of rotatable bonds is 4. The molecule has 0 fully saturated rings. The average molecular weight is 287 g/mol. The number of nitrogens with one attached hydrogen (secondary N) is 1. The van der Waals surface area contributed by atoms with Crippen molar-refractivity contribution < 1.29 is 10.2 Å². The van der Waals surface area contributed by atoms with Crippen LogP contribution in [-0.2, 0) is 6.54 Å². The number of aromatic nitrogens is 5. The first-order valence-corrected chi connectivity index (χ1v) is 6.37. The summed E-state index contributed by atoms with van der Waals surface area (Å²) in [5.74, 6) is 0.398. The van der Waals surface area contributed by atoms with E-state index in [1.165, 1.54) is 4.68 Å². The Morgan fingerprint density at radius 3 is 2.76 bits per heavy atom. The molecular formula is C13H13N5O3. The summed E-state index contributed by atoms with van der Waals surface area (Å²) < 4.78 is 1.30. The molecule has 0 aliphatic heterocycles. The zero-order valence-electron chi connectivity index (χ0n) is 11.0. The van der Waals surface area contributed by atoms with Crippen LogP contribution in [0, 0.1) is 0 Å². The molecule has 1 atom stereocenters. The molecule has 3 aromatic rings. The minimum Gasteiger partial charge on any atom is -0.394 e. The van der Waals surface area contributed by atoms with Crippen molar-refractivity contribution in [2.45, 2.75) is 12.6 Å². The lowest BCUT2D eigenvalue weighted by atomic mass is 10.2. The lowest BCUT2D eigenvalue weighted by molar-refractivity contribution is 0.0787. The Balaban J connectivity index is 2.13. The van der Waals surface area contributed by atoms with Gasteiger partial charge in [-0.2, -0.15) is 0 Å². The van der Waals surface area contributed by atoms with Crippen LogP contribution in [0.5, 0.6) is 0 Å². The Labute approximate surface area is 118 Å². The van der Waals surface area contributed by atoms with Gasteiger partial charge in [0.25, 0.3) is 5.56 Å². The highest BCUT2D eigenvalue weighted by molar-refractivity contribution is 5.71. The molecule has 0 spiro atoms. The Morgan fingerprint density at radius 2 is 2.05 bits per heavy atom. The number of aliphatic hydroxyl groups is 2. The molecule has 2 aromatic heterocycles. The predicted molar refractivity (Wildman–Crippen MR) is 74.5 cm³/mol. The molecule has 0 saturated carbocycles. The zero-order chi connectivity index (χ0) is 14.8. The van der Waals surface area contributed by atoms with E-state index in [1.807, 2.05) is 30.3 Å². The van der Waals surface area contributed by atoms with E-state index in [2.05, 4.69) is 20.3 Å². The summed E-state index contributed by atoms with van der Waals surface area (Å²) in [6.07, 6.45) is -0.990. The van der Waals surface area contributed by atoms with E-state index in [4.69, 9.17) is 5.11 Å². The van der Waals surface area contributed by atoms with E-state index in [0.29, 0.717) is 5.82 Å². The zero-order valence-corrected chi connectivity index (χ0v) is 11.0.